The number of imidazole rings is 1. The summed E-state index contributed by atoms with van der Waals surface area (Å²) in [6, 6.07) is 4.70. The number of hydrogen-bond donors (Lipinski definition) is 0. The van der Waals surface area contributed by atoms with E-state index in [1.165, 1.54) is 129 Å². The summed E-state index contributed by atoms with van der Waals surface area (Å²) in [5.74, 6) is 6.75. The predicted molar refractivity (Wildman–Crippen MR) is 458 cm³/mol. The van der Waals surface area contributed by atoms with Gasteiger partial charge in [-0.15, -0.1) is 9.36 Å². The number of rotatable bonds is 9. The summed E-state index contributed by atoms with van der Waals surface area (Å²) in [6.45, 7) is 106. The molecular formula is C92H165N16OS+9. The standard InChI is InChI=1S/C13H22N.3C11H19N2.2C10H19N2.C9H16NO.C9H16NS.C8H16N3/c1-8(2)14-12(6)10(4)9(3)11(5)13(14)7;1-7(2)13-10(5)8(3)12-9(4)11(13)6;1-7(2)13-10(5)8(3)9(4)12-11(13)6;1-7(2)13-11(6)9(4)8(3)10(5)12-13;1-7(2)12-9(4)8(3)11(6)10(12)5;1-7(2)12-10(5)8(3)9(4)11(12)6;2*1-6(2)10-7(3)8(4)11-9(10)5;1-6(2)11-7(3)9-10(5)8(11)4/h8H,1-7H3;3*7H,1-6H3;2*7H,1-6H3;3*6H,1-5H3/q9*+1. The molecule has 0 radical (unpaired) electrons. The van der Waals surface area contributed by atoms with Gasteiger partial charge in [0.1, 0.15) is 34.2 Å². The van der Waals surface area contributed by atoms with E-state index in [2.05, 4.69) is 403 Å². The molecule has 9 rings (SSSR count). The summed E-state index contributed by atoms with van der Waals surface area (Å²) >= 11 is 1.89. The molecule has 0 aliphatic rings. The largest absolute Gasteiger partial charge is 0.407 e. The molecule has 0 fully saturated rings. The van der Waals surface area contributed by atoms with Crippen LogP contribution in [-0.4, -0.2) is 34.1 Å². The molecule has 0 atom stereocenters. The fourth-order valence-corrected chi connectivity index (χ4v) is 16.6. The lowest BCUT2D eigenvalue weighted by molar-refractivity contribution is -0.777. The van der Waals surface area contributed by atoms with Crippen LogP contribution >= 0.6 is 11.3 Å². The van der Waals surface area contributed by atoms with Gasteiger partial charge in [-0.05, 0) is 231 Å². The highest BCUT2D eigenvalue weighted by Crippen LogP contribution is 2.21. The third-order valence-corrected chi connectivity index (χ3v) is 24.0. The van der Waals surface area contributed by atoms with Gasteiger partial charge in [-0.25, -0.2) is 23.3 Å². The molecule has 0 aromatic carbocycles. The summed E-state index contributed by atoms with van der Waals surface area (Å²) in [7, 11) is 6.22. The van der Waals surface area contributed by atoms with Crippen molar-refractivity contribution in [1.82, 2.24) is 34.1 Å². The van der Waals surface area contributed by atoms with Crippen LogP contribution in [0.15, 0.2) is 4.42 Å². The van der Waals surface area contributed by atoms with Gasteiger partial charge in [0.2, 0.25) is 27.9 Å². The quantitative estimate of drug-likeness (QED) is 0.134. The number of thiazole rings is 1. The fraction of sp³-hybridized carbons (Fsp3) is 0.663. The summed E-state index contributed by atoms with van der Waals surface area (Å²) < 4.78 is 32.5. The molecule has 616 valence electrons. The van der Waals surface area contributed by atoms with Gasteiger partial charge in [0.05, 0.1) is 55.8 Å². The van der Waals surface area contributed by atoms with Gasteiger partial charge in [0, 0.05) is 151 Å². The second-order valence-electron chi connectivity index (χ2n) is 33.4. The minimum Gasteiger partial charge on any atom is -0.407 e. The first-order valence-corrected chi connectivity index (χ1v) is 41.6. The van der Waals surface area contributed by atoms with Crippen molar-refractivity contribution in [2.45, 2.75) is 394 Å². The van der Waals surface area contributed by atoms with E-state index < -0.39 is 0 Å². The van der Waals surface area contributed by atoms with Gasteiger partial charge in [0.15, 0.2) is 77.2 Å². The molecule has 0 saturated heterocycles. The van der Waals surface area contributed by atoms with Crippen molar-refractivity contribution in [1.29, 1.82) is 0 Å². The summed E-state index contributed by atoms with van der Waals surface area (Å²) in [6.07, 6.45) is 0. The summed E-state index contributed by atoms with van der Waals surface area (Å²) in [5.41, 5.74) is 30.4. The Morgan fingerprint density at radius 3 is 1.02 bits per heavy atom. The second kappa shape index (κ2) is 43.2. The molecule has 0 bridgehead atoms. The summed E-state index contributed by atoms with van der Waals surface area (Å²) in [4.78, 5) is 10.5. The van der Waals surface area contributed by atoms with Gasteiger partial charge < -0.3 is 4.42 Å². The predicted octanol–water partition coefficient (Wildman–Crippen LogP) is 18.8. The zero-order valence-corrected chi connectivity index (χ0v) is 81.5. The molecule has 9 aromatic heterocycles. The molecule has 9 aromatic rings. The van der Waals surface area contributed by atoms with Crippen LogP contribution in [0.1, 0.15) is 354 Å². The van der Waals surface area contributed by atoms with Crippen LogP contribution in [0.3, 0.4) is 0 Å². The molecule has 0 aliphatic carbocycles. The minimum absolute atomic E-state index is 0.443. The Hall–Kier alpha value is -7.21. The lowest BCUT2D eigenvalue weighted by Crippen LogP contribution is -2.45. The van der Waals surface area contributed by atoms with Gasteiger partial charge in [-0.2, -0.15) is 23.0 Å². The molecule has 0 spiro atoms. The Labute approximate surface area is 677 Å². The lowest BCUT2D eigenvalue weighted by atomic mass is 10.0. The smallest absolute Gasteiger partial charge is 0.344 e. The monoisotopic (exact) mass is 1540 g/mol. The first kappa shape index (κ1) is 101. The van der Waals surface area contributed by atoms with Crippen molar-refractivity contribution in [3.05, 3.63) is 175 Å². The van der Waals surface area contributed by atoms with Crippen molar-refractivity contribution in [3.63, 3.8) is 0 Å². The first-order valence-electron chi connectivity index (χ1n) is 40.8. The molecule has 0 aliphatic heterocycles. The normalized spacial score (nSPS) is 11.1. The number of pyridine rings is 1. The van der Waals surface area contributed by atoms with Gasteiger partial charge in [0.25, 0.3) is 17.5 Å². The van der Waals surface area contributed by atoms with Crippen molar-refractivity contribution in [3.8, 4) is 0 Å². The van der Waals surface area contributed by atoms with E-state index in [4.69, 9.17) is 4.42 Å². The molecular weight excluding hydrogens is 1380 g/mol. The maximum absolute atomic E-state index is 5.47. The van der Waals surface area contributed by atoms with Crippen molar-refractivity contribution in [2.75, 3.05) is 0 Å². The maximum Gasteiger partial charge on any atom is 0.344 e. The second-order valence-corrected chi connectivity index (χ2v) is 34.8. The highest BCUT2D eigenvalue weighted by atomic mass is 32.1. The third kappa shape index (κ3) is 24.9. The van der Waals surface area contributed by atoms with Gasteiger partial charge in [-0.3, -0.25) is 0 Å². The maximum atomic E-state index is 5.47. The number of oxazole rings is 1. The number of hydrogen-bond acceptors (Lipinski definition) is 6. The highest BCUT2D eigenvalue weighted by molar-refractivity contribution is 7.11. The zero-order chi connectivity index (χ0) is 86.3. The van der Waals surface area contributed by atoms with Crippen molar-refractivity contribution < 1.29 is 45.8 Å². The van der Waals surface area contributed by atoms with Gasteiger partial charge >= 0.3 is 5.89 Å². The average molecular weight is 1540 g/mol. The fourth-order valence-electron chi connectivity index (χ4n) is 15.5. The van der Waals surface area contributed by atoms with E-state index in [0.717, 1.165) is 46.1 Å². The van der Waals surface area contributed by atoms with Crippen molar-refractivity contribution >= 4 is 11.3 Å². The first-order chi connectivity index (χ1) is 50.3. The number of aryl methyl sites for hydroxylation is 11. The van der Waals surface area contributed by atoms with E-state index in [1.807, 2.05) is 43.8 Å². The molecule has 9 heterocycles. The van der Waals surface area contributed by atoms with E-state index in [0.29, 0.717) is 54.4 Å². The average Bonchev–Trinajstić information content (AvgIpc) is 1.23. The van der Waals surface area contributed by atoms with Crippen LogP contribution in [0.2, 0.25) is 0 Å². The van der Waals surface area contributed by atoms with Crippen molar-refractivity contribution in [2.24, 2.45) is 21.1 Å². The summed E-state index contributed by atoms with van der Waals surface area (Å²) in [5, 5.41) is 10.3. The minimum atomic E-state index is 0.443. The molecule has 17 nitrogen and oxygen atoms in total. The molecule has 0 saturated carbocycles. The third-order valence-electron chi connectivity index (χ3n) is 22.9. The Balaban J connectivity index is 0.000000619. The molecule has 0 N–H and O–H groups in total. The molecule has 18 heteroatoms. The topological polar surface area (TPSA) is 114 Å². The Kier molecular flexibility index (Phi) is 39.5. The highest BCUT2D eigenvalue weighted by Gasteiger charge is 2.28. The number of aromatic nitrogens is 16. The van der Waals surface area contributed by atoms with E-state index in [1.54, 1.807) is 0 Å². The van der Waals surface area contributed by atoms with Crippen LogP contribution in [0.5, 0.6) is 0 Å². The Bertz CT molecular complexity index is 4220. The molecule has 0 amide bonds. The zero-order valence-electron chi connectivity index (χ0n) is 80.7. The van der Waals surface area contributed by atoms with E-state index in [-0.39, 0.29) is 0 Å². The SMILES string of the molecule is Cc1c(C)[n+](C)c(C)n1C(C)C.Cc1c(C)c(C)[n+](C(C)C)c(C)c1C.Cc1c(C)n(C(C)C)[n+](C)c1C.Cc1n[n+](C(C)C)c(C)c(C)c1C.Cc1nc(C)[n+](C(C)C)c(C)c1C.Cc1nc(C)c(C)[n+](C(C)C)c1C.Cc1nn(C)c(C)[n+]1C(C)C.Cc1oc(C)[n+](C(C)C)c1C.Cc1sc(C)[n+](C(C)C)c1C. The van der Waals surface area contributed by atoms with Crippen LogP contribution in [0.25, 0.3) is 0 Å². The van der Waals surface area contributed by atoms with Crippen LogP contribution in [0.4, 0.5) is 0 Å². The van der Waals surface area contributed by atoms with Crippen LogP contribution in [-0.2, 0) is 21.1 Å². The van der Waals surface area contributed by atoms with Gasteiger partial charge in [-0.1, -0.05) is 21.0 Å². The Morgan fingerprint density at radius 1 is 0.327 bits per heavy atom. The molecule has 0 unspecified atom stereocenters. The number of nitrogens with zero attached hydrogens (tertiary/aromatic N) is 16. The van der Waals surface area contributed by atoms with E-state index in [9.17, 15) is 0 Å². The van der Waals surface area contributed by atoms with Crippen LogP contribution < -0.4 is 41.3 Å². The Morgan fingerprint density at radius 2 is 0.745 bits per heavy atom. The lowest BCUT2D eigenvalue weighted by Gasteiger charge is -2.14. The van der Waals surface area contributed by atoms with Crippen LogP contribution in [0, 0.1) is 215 Å². The molecule has 110 heavy (non-hydrogen) atoms. The van der Waals surface area contributed by atoms with E-state index >= 15 is 0 Å².